The van der Waals surface area contributed by atoms with Crippen LogP contribution in [0.1, 0.15) is 16.7 Å². The Kier molecular flexibility index (Phi) is 5.10. The Labute approximate surface area is 166 Å². The molecule has 0 atom stereocenters. The molecule has 0 aliphatic carbocycles. The smallest absolute Gasteiger partial charge is 0.353 e. The van der Waals surface area contributed by atoms with Crippen molar-refractivity contribution in [3.8, 4) is 11.5 Å². The van der Waals surface area contributed by atoms with Crippen LogP contribution in [0.25, 0.3) is 0 Å². The van der Waals surface area contributed by atoms with Crippen LogP contribution in [-0.2, 0) is 13.1 Å². The maximum atomic E-state index is 11.7. The molecule has 0 fully saturated rings. The van der Waals surface area contributed by atoms with E-state index >= 15 is 0 Å². The van der Waals surface area contributed by atoms with Crippen molar-refractivity contribution in [3.63, 3.8) is 0 Å². The highest BCUT2D eigenvalue weighted by molar-refractivity contribution is 5.69. The zero-order chi connectivity index (χ0) is 20.2. The van der Waals surface area contributed by atoms with E-state index in [1.54, 1.807) is 0 Å². The van der Waals surface area contributed by atoms with Gasteiger partial charge in [0.25, 0.3) is 0 Å². The molecule has 0 unspecified atom stereocenters. The highest BCUT2D eigenvalue weighted by atomic mass is 16.7. The number of fused-ring (bicyclic) bond motifs is 1. The Morgan fingerprint density at radius 1 is 0.966 bits per heavy atom. The second-order valence-electron chi connectivity index (χ2n) is 6.56. The predicted octanol–water partition coefficient (Wildman–Crippen LogP) is 3.65. The van der Waals surface area contributed by atoms with Crippen molar-refractivity contribution in [3.05, 3.63) is 75.6 Å². The van der Waals surface area contributed by atoms with Crippen molar-refractivity contribution in [2.24, 2.45) is 0 Å². The minimum atomic E-state index is -0.487. The third kappa shape index (κ3) is 4.18. The zero-order valence-corrected chi connectivity index (χ0v) is 15.7. The number of nitrogens with zero attached hydrogens (tertiary/aromatic N) is 3. The first kappa shape index (κ1) is 18.5. The molecule has 9 heteroatoms. The maximum absolute atomic E-state index is 11.7. The lowest BCUT2D eigenvalue weighted by atomic mass is 10.1. The van der Waals surface area contributed by atoms with E-state index in [2.05, 4.69) is 20.6 Å². The van der Waals surface area contributed by atoms with Gasteiger partial charge >= 0.3 is 5.69 Å². The van der Waals surface area contributed by atoms with Crippen molar-refractivity contribution in [2.75, 3.05) is 17.4 Å². The van der Waals surface area contributed by atoms with Crippen LogP contribution in [0, 0.1) is 17.0 Å². The van der Waals surface area contributed by atoms with Crippen LogP contribution in [0.3, 0.4) is 0 Å². The second kappa shape index (κ2) is 8.01. The van der Waals surface area contributed by atoms with Gasteiger partial charge in [-0.2, -0.15) is 0 Å². The van der Waals surface area contributed by atoms with E-state index in [0.717, 1.165) is 16.7 Å². The molecule has 148 valence electrons. The van der Waals surface area contributed by atoms with Gasteiger partial charge in [0, 0.05) is 13.1 Å². The van der Waals surface area contributed by atoms with Crippen LogP contribution < -0.4 is 20.1 Å². The van der Waals surface area contributed by atoms with E-state index in [9.17, 15) is 10.1 Å². The highest BCUT2D eigenvalue weighted by Gasteiger charge is 2.23. The van der Waals surface area contributed by atoms with Crippen molar-refractivity contribution in [1.82, 2.24) is 9.97 Å². The average molecular weight is 393 g/mol. The Morgan fingerprint density at radius 2 is 1.59 bits per heavy atom. The van der Waals surface area contributed by atoms with Gasteiger partial charge in [-0.05, 0) is 30.2 Å². The number of rotatable bonds is 7. The molecule has 1 aliphatic rings. The Balaban J connectivity index is 1.50. The summed E-state index contributed by atoms with van der Waals surface area (Å²) in [6.45, 7) is 2.95. The summed E-state index contributed by atoms with van der Waals surface area (Å²) in [7, 11) is 0. The van der Waals surface area contributed by atoms with E-state index in [4.69, 9.17) is 9.47 Å². The van der Waals surface area contributed by atoms with Gasteiger partial charge < -0.3 is 20.1 Å². The molecule has 0 amide bonds. The van der Waals surface area contributed by atoms with Crippen LogP contribution in [0.15, 0.2) is 48.8 Å². The van der Waals surface area contributed by atoms with Gasteiger partial charge in [-0.25, -0.2) is 9.97 Å². The first-order valence-electron chi connectivity index (χ1n) is 9.01. The van der Waals surface area contributed by atoms with Crippen LogP contribution in [0.5, 0.6) is 11.5 Å². The number of hydrogen-bond acceptors (Lipinski definition) is 8. The number of hydrogen-bond donors (Lipinski definition) is 2. The second-order valence-corrected chi connectivity index (χ2v) is 6.56. The summed E-state index contributed by atoms with van der Waals surface area (Å²) in [6, 6.07) is 13.4. The van der Waals surface area contributed by atoms with Crippen molar-refractivity contribution in [2.45, 2.75) is 20.0 Å². The average Bonchev–Trinajstić information content (AvgIpc) is 3.19. The summed E-state index contributed by atoms with van der Waals surface area (Å²) in [5, 5.41) is 17.7. The summed E-state index contributed by atoms with van der Waals surface area (Å²) in [5.41, 5.74) is 2.84. The quantitative estimate of drug-likeness (QED) is 0.462. The number of aryl methyl sites for hydroxylation is 1. The lowest BCUT2D eigenvalue weighted by molar-refractivity contribution is -0.383. The summed E-state index contributed by atoms with van der Waals surface area (Å²) in [6.07, 6.45) is 1.30. The Hall–Kier alpha value is -3.88. The van der Waals surface area contributed by atoms with E-state index in [-0.39, 0.29) is 24.1 Å². The molecule has 29 heavy (non-hydrogen) atoms. The number of nitro groups is 1. The van der Waals surface area contributed by atoms with Gasteiger partial charge in [0.05, 0.1) is 4.92 Å². The van der Waals surface area contributed by atoms with E-state index in [1.807, 2.05) is 49.4 Å². The van der Waals surface area contributed by atoms with Gasteiger partial charge in [-0.1, -0.05) is 35.9 Å². The molecule has 2 N–H and O–H groups in total. The largest absolute Gasteiger partial charge is 0.454 e. The Bertz CT molecular complexity index is 1040. The van der Waals surface area contributed by atoms with Gasteiger partial charge in [-0.3, -0.25) is 10.1 Å². The molecule has 0 saturated carbocycles. The molecular formula is C20H19N5O4. The molecule has 2 heterocycles. The van der Waals surface area contributed by atoms with Crippen molar-refractivity contribution < 1.29 is 14.4 Å². The van der Waals surface area contributed by atoms with Crippen LogP contribution in [0.2, 0.25) is 0 Å². The van der Waals surface area contributed by atoms with Gasteiger partial charge in [0.15, 0.2) is 11.5 Å². The Morgan fingerprint density at radius 3 is 2.28 bits per heavy atom. The third-order valence-corrected chi connectivity index (χ3v) is 4.48. The minimum Gasteiger partial charge on any atom is -0.454 e. The maximum Gasteiger partial charge on any atom is 0.353 e. The lowest BCUT2D eigenvalue weighted by Gasteiger charge is -2.10. The van der Waals surface area contributed by atoms with Gasteiger partial charge in [-0.15, -0.1) is 0 Å². The first-order valence-corrected chi connectivity index (χ1v) is 9.01. The summed E-state index contributed by atoms with van der Waals surface area (Å²) >= 11 is 0. The minimum absolute atomic E-state index is 0.147. The normalized spacial score (nSPS) is 11.9. The molecule has 2 aromatic carbocycles. The molecule has 0 saturated heterocycles. The SMILES string of the molecule is Cc1ccc(CNc2ncnc(NCc3ccc4c(c3)OCO4)c2[N+](=O)[O-])cc1. The fourth-order valence-corrected chi connectivity index (χ4v) is 2.94. The number of ether oxygens (including phenoxy) is 2. The van der Waals surface area contributed by atoms with E-state index in [0.29, 0.717) is 24.6 Å². The molecule has 0 radical (unpaired) electrons. The molecule has 0 bridgehead atoms. The number of nitrogens with one attached hydrogen (secondary N) is 2. The van der Waals surface area contributed by atoms with Gasteiger partial charge in [0.1, 0.15) is 6.33 Å². The lowest BCUT2D eigenvalue weighted by Crippen LogP contribution is -2.10. The number of benzene rings is 2. The zero-order valence-electron chi connectivity index (χ0n) is 15.7. The number of aromatic nitrogens is 2. The van der Waals surface area contributed by atoms with E-state index in [1.165, 1.54) is 6.33 Å². The van der Waals surface area contributed by atoms with Crippen LogP contribution in [-0.4, -0.2) is 21.7 Å². The fraction of sp³-hybridized carbons (Fsp3) is 0.200. The first-order chi connectivity index (χ1) is 14.1. The molecular weight excluding hydrogens is 374 g/mol. The highest BCUT2D eigenvalue weighted by Crippen LogP contribution is 2.33. The van der Waals surface area contributed by atoms with Gasteiger partial charge in [0.2, 0.25) is 18.4 Å². The summed E-state index contributed by atoms with van der Waals surface area (Å²) in [4.78, 5) is 19.3. The molecule has 3 aromatic rings. The van der Waals surface area contributed by atoms with Crippen LogP contribution >= 0.6 is 0 Å². The van der Waals surface area contributed by atoms with Crippen molar-refractivity contribution >= 4 is 17.3 Å². The number of anilines is 2. The standard InChI is InChI=1S/C20H19N5O4/c1-13-2-4-14(5-3-13)9-21-19-18(25(26)27)20(24-11-23-19)22-10-15-6-7-16-17(8-15)29-12-28-16/h2-8,11H,9-10,12H2,1H3,(H2,21,22,23,24). The molecule has 0 spiro atoms. The molecule has 1 aliphatic heterocycles. The summed E-state index contributed by atoms with van der Waals surface area (Å²) < 4.78 is 10.7. The molecule has 9 nitrogen and oxygen atoms in total. The van der Waals surface area contributed by atoms with Crippen LogP contribution in [0.4, 0.5) is 17.3 Å². The van der Waals surface area contributed by atoms with E-state index < -0.39 is 4.92 Å². The third-order valence-electron chi connectivity index (χ3n) is 4.48. The monoisotopic (exact) mass is 393 g/mol. The summed E-state index contributed by atoms with van der Waals surface area (Å²) in [5.74, 6) is 1.65. The molecule has 4 rings (SSSR count). The topological polar surface area (TPSA) is 111 Å². The molecule has 1 aromatic heterocycles. The fourth-order valence-electron chi connectivity index (χ4n) is 2.94. The van der Waals surface area contributed by atoms with Crippen molar-refractivity contribution in [1.29, 1.82) is 0 Å². The predicted molar refractivity (Wildman–Crippen MR) is 107 cm³/mol.